The maximum absolute atomic E-state index is 10.2. The van der Waals surface area contributed by atoms with Gasteiger partial charge in [-0.1, -0.05) is 60.7 Å². The third-order valence-electron chi connectivity index (χ3n) is 8.60. The fourth-order valence-electron chi connectivity index (χ4n) is 5.30. The third-order valence-corrected chi connectivity index (χ3v) is 11.5. The number of ether oxygens (including phenoxy) is 1. The average Bonchev–Trinajstić information content (AvgIpc) is 3.91. The molecule has 0 saturated heterocycles. The lowest BCUT2D eigenvalue weighted by atomic mass is 10.2. The molecule has 0 radical (unpaired) electrons. The summed E-state index contributed by atoms with van der Waals surface area (Å²) in [5.74, 6) is -0.846. The molecular formula is C42H50N8O7S4. The summed E-state index contributed by atoms with van der Waals surface area (Å²) in [5, 5.41) is 23.3. The fourth-order valence-corrected chi connectivity index (χ4v) is 7.99. The molecule has 0 aliphatic carbocycles. The Kier molecular flexibility index (Phi) is 19.7. The van der Waals surface area contributed by atoms with Crippen LogP contribution < -0.4 is 18.9 Å². The highest BCUT2D eigenvalue weighted by Crippen LogP contribution is 2.24. The van der Waals surface area contributed by atoms with Gasteiger partial charge in [-0.3, -0.25) is 0 Å². The van der Waals surface area contributed by atoms with Crippen molar-refractivity contribution in [3.63, 3.8) is 0 Å². The summed E-state index contributed by atoms with van der Waals surface area (Å²) in [5.41, 5.74) is 4.98. The smallest absolute Gasteiger partial charge is 0.408 e. The van der Waals surface area contributed by atoms with Crippen LogP contribution in [0.2, 0.25) is 0 Å². The summed E-state index contributed by atoms with van der Waals surface area (Å²) in [6.45, 7) is 8.88. The first-order valence-corrected chi connectivity index (χ1v) is 24.1. The summed E-state index contributed by atoms with van der Waals surface area (Å²) in [7, 11) is -4.11. The standard InChI is InChI=1S/C28H36N8OS2.2C7H8O3S/c1-5-35-17-21-38-27(35)31-29-23-7-11-25(12-8-23)33(3)15-19-37-20-16-34(4)26-13-9-24(10-14-26)30-32-28-36(6-2)18-22-39-28;2*8-11(9,10)6-7-4-2-1-3-5-7/h7-14,17-18,21-22H,5-6,15-16,19-20H2,1-4H3;2*1-5H,6H2,(H,8,9,10)/q+2;;/p-2. The van der Waals surface area contributed by atoms with Crippen molar-refractivity contribution in [2.75, 3.05) is 50.2 Å². The van der Waals surface area contributed by atoms with Gasteiger partial charge in [0.25, 0.3) is 0 Å². The minimum Gasteiger partial charge on any atom is -0.748 e. The molecule has 2 heterocycles. The molecule has 19 heteroatoms. The lowest BCUT2D eigenvalue weighted by Gasteiger charge is -2.21. The number of aromatic nitrogens is 2. The van der Waals surface area contributed by atoms with Crippen LogP contribution in [0.15, 0.2) is 153 Å². The predicted octanol–water partition coefficient (Wildman–Crippen LogP) is 8.31. The van der Waals surface area contributed by atoms with Gasteiger partial charge in [0.1, 0.15) is 23.8 Å². The third kappa shape index (κ3) is 18.5. The maximum atomic E-state index is 10.2. The van der Waals surface area contributed by atoms with Gasteiger partial charge in [0, 0.05) is 49.3 Å². The Morgan fingerprint density at radius 1 is 0.557 bits per heavy atom. The van der Waals surface area contributed by atoms with Gasteiger partial charge in [-0.15, -0.1) is 0 Å². The number of nitrogens with zero attached hydrogens (tertiary/aromatic N) is 8. The van der Waals surface area contributed by atoms with Crippen LogP contribution in [0, 0.1) is 0 Å². The van der Waals surface area contributed by atoms with Crippen LogP contribution in [-0.2, 0) is 49.6 Å². The second kappa shape index (κ2) is 24.8. The van der Waals surface area contributed by atoms with Crippen LogP contribution >= 0.6 is 22.7 Å². The lowest BCUT2D eigenvalue weighted by molar-refractivity contribution is -0.677. The monoisotopic (exact) mass is 906 g/mol. The number of hydrogen-bond acceptors (Lipinski definition) is 15. The van der Waals surface area contributed by atoms with Crippen molar-refractivity contribution in [2.45, 2.75) is 38.4 Å². The molecule has 0 spiro atoms. The van der Waals surface area contributed by atoms with E-state index in [4.69, 9.17) is 4.74 Å². The van der Waals surface area contributed by atoms with Gasteiger partial charge in [-0.05, 0) is 106 Å². The van der Waals surface area contributed by atoms with Crippen LogP contribution in [0.25, 0.3) is 0 Å². The number of aryl methyl sites for hydroxylation is 2. The quantitative estimate of drug-likeness (QED) is 0.0354. The van der Waals surface area contributed by atoms with E-state index in [-0.39, 0.29) is 0 Å². The van der Waals surface area contributed by atoms with E-state index in [1.807, 2.05) is 47.4 Å². The Morgan fingerprint density at radius 3 is 1.25 bits per heavy atom. The van der Waals surface area contributed by atoms with Crippen molar-refractivity contribution in [1.29, 1.82) is 0 Å². The molecule has 61 heavy (non-hydrogen) atoms. The number of hydrogen-bond donors (Lipinski definition) is 0. The van der Waals surface area contributed by atoms with E-state index in [9.17, 15) is 25.9 Å². The summed E-state index contributed by atoms with van der Waals surface area (Å²) in [6.07, 6.45) is 4.05. The number of thiazole rings is 2. The Labute approximate surface area is 366 Å². The Morgan fingerprint density at radius 2 is 0.918 bits per heavy atom. The molecule has 4 aromatic carbocycles. The zero-order chi connectivity index (χ0) is 44.1. The molecule has 324 valence electrons. The Hall–Kier alpha value is -5.28. The molecule has 0 aliphatic heterocycles. The molecule has 0 unspecified atom stereocenters. The molecule has 15 nitrogen and oxygen atoms in total. The summed E-state index contributed by atoms with van der Waals surface area (Å²) < 4.78 is 71.5. The van der Waals surface area contributed by atoms with E-state index in [1.54, 1.807) is 83.3 Å². The van der Waals surface area contributed by atoms with Gasteiger partial charge in [0.15, 0.2) is 0 Å². The second-order valence-corrected chi connectivity index (χ2v) is 17.8. The molecule has 6 aromatic rings. The molecule has 0 bridgehead atoms. The number of azo groups is 2. The molecule has 0 amide bonds. The van der Waals surface area contributed by atoms with E-state index >= 15 is 0 Å². The molecule has 0 N–H and O–H groups in total. The van der Waals surface area contributed by atoms with Gasteiger partial charge in [-0.25, -0.2) is 26.0 Å². The highest BCUT2D eigenvalue weighted by molar-refractivity contribution is 7.85. The number of anilines is 2. The first kappa shape index (κ1) is 48.4. The topological polar surface area (TPSA) is 187 Å². The summed E-state index contributed by atoms with van der Waals surface area (Å²) >= 11 is 3.17. The van der Waals surface area contributed by atoms with Crippen molar-refractivity contribution < 1.29 is 39.8 Å². The minimum absolute atomic E-state index is 0.423. The highest BCUT2D eigenvalue weighted by Gasteiger charge is 2.11. The first-order chi connectivity index (χ1) is 29.2. The summed E-state index contributed by atoms with van der Waals surface area (Å²) in [6, 6.07) is 33.0. The Bertz CT molecular complexity index is 2290. The molecule has 0 saturated carbocycles. The van der Waals surface area contributed by atoms with Crippen molar-refractivity contribution in [3.05, 3.63) is 143 Å². The van der Waals surface area contributed by atoms with Crippen LogP contribution in [-0.4, -0.2) is 66.3 Å². The molecule has 6 rings (SSSR count). The SMILES string of the molecule is CC[n+]1ccsc1N=Nc1ccc(N(C)CCOCCN(C)c2ccc(N=Nc3scc[n+]3CC)cc2)cc1.O=S(=O)([O-])Cc1ccccc1.O=S(=O)([O-])Cc1ccccc1. The van der Waals surface area contributed by atoms with Gasteiger partial charge < -0.3 is 23.6 Å². The minimum atomic E-state index is -4.13. The van der Waals surface area contributed by atoms with Crippen molar-refractivity contribution >= 4 is 75.9 Å². The number of rotatable bonds is 18. The van der Waals surface area contributed by atoms with E-state index in [0.717, 1.165) is 59.2 Å². The normalized spacial score (nSPS) is 11.5. The largest absolute Gasteiger partial charge is 0.748 e. The van der Waals surface area contributed by atoms with Crippen molar-refractivity contribution in [1.82, 2.24) is 0 Å². The molecular weight excluding hydrogens is 857 g/mol. The van der Waals surface area contributed by atoms with E-state index in [2.05, 4.69) is 91.6 Å². The van der Waals surface area contributed by atoms with Crippen LogP contribution in [0.4, 0.5) is 33.0 Å². The Balaban J connectivity index is 0.000000301. The number of benzene rings is 4. The fraction of sp³-hybridized carbons (Fsp3) is 0.286. The van der Waals surface area contributed by atoms with Crippen LogP contribution in [0.5, 0.6) is 0 Å². The maximum Gasteiger partial charge on any atom is 0.408 e. The predicted molar refractivity (Wildman–Crippen MR) is 239 cm³/mol. The van der Waals surface area contributed by atoms with Crippen molar-refractivity contribution in [2.24, 2.45) is 20.5 Å². The molecule has 0 aliphatic rings. The van der Waals surface area contributed by atoms with Gasteiger partial charge in [0.2, 0.25) is 0 Å². The van der Waals surface area contributed by atoms with Gasteiger partial charge in [0.05, 0.1) is 68.3 Å². The zero-order valence-electron chi connectivity index (χ0n) is 34.4. The lowest BCUT2D eigenvalue weighted by Crippen LogP contribution is -2.28. The average molecular weight is 907 g/mol. The van der Waals surface area contributed by atoms with Gasteiger partial charge >= 0.3 is 10.3 Å². The molecule has 2 aromatic heterocycles. The van der Waals surface area contributed by atoms with E-state index in [0.29, 0.717) is 24.3 Å². The first-order valence-electron chi connectivity index (χ1n) is 19.2. The molecule has 0 atom stereocenters. The molecule has 0 fully saturated rings. The zero-order valence-corrected chi connectivity index (χ0v) is 37.7. The van der Waals surface area contributed by atoms with E-state index < -0.39 is 31.7 Å². The van der Waals surface area contributed by atoms with Crippen molar-refractivity contribution in [3.8, 4) is 0 Å². The highest BCUT2D eigenvalue weighted by atomic mass is 32.2. The second-order valence-electron chi connectivity index (χ2n) is 13.2. The van der Waals surface area contributed by atoms with Crippen LogP contribution in [0.3, 0.4) is 0 Å². The van der Waals surface area contributed by atoms with E-state index in [1.165, 1.54) is 0 Å². The van der Waals surface area contributed by atoms with Crippen LogP contribution in [0.1, 0.15) is 25.0 Å². The summed E-state index contributed by atoms with van der Waals surface area (Å²) in [4.78, 5) is 4.36. The van der Waals surface area contributed by atoms with Gasteiger partial charge in [-0.2, -0.15) is 0 Å². The number of likely N-dealkylation sites (N-methyl/N-ethyl adjacent to an activating group) is 2.